The van der Waals surface area contributed by atoms with Gasteiger partial charge in [-0.15, -0.1) is 0 Å². The number of rotatable bonds is 2. The van der Waals surface area contributed by atoms with Crippen LogP contribution in [0.15, 0.2) is 43.6 Å². The van der Waals surface area contributed by atoms with Gasteiger partial charge in [-0.3, -0.25) is 0 Å². The molecule has 1 N–H and O–H groups in total. The van der Waals surface area contributed by atoms with Gasteiger partial charge >= 0.3 is 0 Å². The second-order valence-electron chi connectivity index (χ2n) is 3.02. The number of hydrogen-bond donors (Lipinski definition) is 1. The molecular weight excluding hydrogens is 162 g/mol. The van der Waals surface area contributed by atoms with Crippen molar-refractivity contribution in [3.05, 3.63) is 49.3 Å². The molecule has 0 aromatic carbocycles. The van der Waals surface area contributed by atoms with Crippen LogP contribution in [0.3, 0.4) is 0 Å². The van der Waals surface area contributed by atoms with E-state index in [0.29, 0.717) is 0 Å². The second kappa shape index (κ2) is 2.94. The quantitative estimate of drug-likeness (QED) is 0.661. The number of aryl methyl sites for hydroxylation is 1. The Balaban J connectivity index is 2.33. The normalized spacial score (nSPS) is 10.2. The summed E-state index contributed by atoms with van der Waals surface area (Å²) >= 11 is 0. The fourth-order valence-electron chi connectivity index (χ4n) is 1.26. The molecule has 2 aromatic rings. The molecule has 0 radical (unpaired) electrons. The Bertz CT molecular complexity index is 409. The van der Waals surface area contributed by atoms with Gasteiger partial charge in [0.2, 0.25) is 6.33 Å². The highest BCUT2D eigenvalue weighted by Crippen LogP contribution is 2.10. The summed E-state index contributed by atoms with van der Waals surface area (Å²) in [5, 5.41) is 0. The summed E-state index contributed by atoms with van der Waals surface area (Å²) < 4.78 is 3.96. The number of hydrogen-bond acceptors (Lipinski definition) is 0. The van der Waals surface area contributed by atoms with Gasteiger partial charge in [-0.1, -0.05) is 0 Å². The number of imidazole rings is 1. The third kappa shape index (κ3) is 1.40. The minimum Gasteiger partial charge on any atom is -0.358 e. The number of nitrogens with zero attached hydrogens (tertiary/aromatic N) is 2. The van der Waals surface area contributed by atoms with Crippen molar-refractivity contribution >= 4 is 5.70 Å². The summed E-state index contributed by atoms with van der Waals surface area (Å²) in [6.07, 6.45) is 7.82. The minimum absolute atomic E-state index is 0.950. The third-order valence-corrected chi connectivity index (χ3v) is 1.99. The van der Waals surface area contributed by atoms with Crippen LogP contribution in [-0.2, 0) is 7.05 Å². The second-order valence-corrected chi connectivity index (χ2v) is 3.02. The first kappa shape index (κ1) is 7.86. The van der Waals surface area contributed by atoms with Crippen molar-refractivity contribution in [2.45, 2.75) is 0 Å². The van der Waals surface area contributed by atoms with Crippen molar-refractivity contribution in [2.24, 2.45) is 7.05 Å². The number of aromatic amines is 1. The van der Waals surface area contributed by atoms with Crippen LogP contribution in [0.5, 0.6) is 0 Å². The highest BCUT2D eigenvalue weighted by atomic mass is 15.1. The molecule has 0 saturated carbocycles. The molecule has 2 aromatic heterocycles. The van der Waals surface area contributed by atoms with E-state index in [9.17, 15) is 0 Å². The van der Waals surface area contributed by atoms with Gasteiger partial charge in [-0.05, 0) is 18.7 Å². The lowest BCUT2D eigenvalue weighted by Crippen LogP contribution is -2.23. The van der Waals surface area contributed by atoms with E-state index in [0.717, 1.165) is 11.4 Å². The largest absolute Gasteiger partial charge is 0.358 e. The van der Waals surface area contributed by atoms with Crippen LogP contribution in [0.4, 0.5) is 0 Å². The van der Waals surface area contributed by atoms with E-state index >= 15 is 0 Å². The van der Waals surface area contributed by atoms with Crippen molar-refractivity contribution in [1.29, 1.82) is 0 Å². The Labute approximate surface area is 77.0 Å². The number of nitrogens with one attached hydrogen (secondary N) is 1. The van der Waals surface area contributed by atoms with Gasteiger partial charge in [0.1, 0.15) is 18.1 Å². The van der Waals surface area contributed by atoms with E-state index in [2.05, 4.69) is 11.6 Å². The fourth-order valence-corrected chi connectivity index (χ4v) is 1.26. The summed E-state index contributed by atoms with van der Waals surface area (Å²) in [6.45, 7) is 4.00. The van der Waals surface area contributed by atoms with Crippen LogP contribution < -0.4 is 4.57 Å². The molecule has 66 valence electrons. The van der Waals surface area contributed by atoms with E-state index in [4.69, 9.17) is 0 Å². The van der Waals surface area contributed by atoms with E-state index < -0.39 is 0 Å². The predicted octanol–water partition coefficient (Wildman–Crippen LogP) is 1.16. The maximum atomic E-state index is 4.00. The highest BCUT2D eigenvalue weighted by Gasteiger charge is 2.07. The molecule has 13 heavy (non-hydrogen) atoms. The van der Waals surface area contributed by atoms with E-state index in [1.165, 1.54) is 0 Å². The van der Waals surface area contributed by atoms with Crippen LogP contribution in [0, 0.1) is 0 Å². The lowest BCUT2D eigenvalue weighted by atomic mass is 10.3. The van der Waals surface area contributed by atoms with Crippen LogP contribution in [0.25, 0.3) is 5.70 Å². The van der Waals surface area contributed by atoms with Gasteiger partial charge in [-0.25, -0.2) is 9.13 Å². The first-order valence-corrected chi connectivity index (χ1v) is 4.13. The third-order valence-electron chi connectivity index (χ3n) is 1.99. The molecule has 3 heteroatoms. The zero-order valence-electron chi connectivity index (χ0n) is 7.57. The first-order valence-electron chi connectivity index (χ1n) is 4.13. The van der Waals surface area contributed by atoms with Crippen molar-refractivity contribution in [2.75, 3.05) is 0 Å². The Morgan fingerprint density at radius 1 is 1.62 bits per heavy atom. The first-order chi connectivity index (χ1) is 6.27. The summed E-state index contributed by atoms with van der Waals surface area (Å²) in [6, 6.07) is 3.96. The van der Waals surface area contributed by atoms with E-state index in [1.54, 1.807) is 0 Å². The average Bonchev–Trinajstić information content (AvgIpc) is 2.72. The number of H-pyrrole nitrogens is 1. The van der Waals surface area contributed by atoms with Gasteiger partial charge in [0, 0.05) is 6.20 Å². The Morgan fingerprint density at radius 2 is 2.46 bits per heavy atom. The molecule has 2 rings (SSSR count). The van der Waals surface area contributed by atoms with Crippen LogP contribution in [0.1, 0.15) is 5.69 Å². The minimum atomic E-state index is 0.950. The maximum Gasteiger partial charge on any atom is 0.248 e. The molecule has 0 aliphatic carbocycles. The molecule has 0 aliphatic rings. The smallest absolute Gasteiger partial charge is 0.248 e. The molecule has 0 spiro atoms. The SMILES string of the molecule is C=C(c1ccc[nH]1)n1cc[n+](C)c1. The molecule has 0 bridgehead atoms. The molecule has 0 fully saturated rings. The summed E-state index contributed by atoms with van der Waals surface area (Å²) in [5.41, 5.74) is 1.99. The fraction of sp³-hybridized carbons (Fsp3) is 0.100. The Hall–Kier alpha value is -1.77. The topological polar surface area (TPSA) is 24.6 Å². The molecule has 0 saturated heterocycles. The lowest BCUT2D eigenvalue weighted by Gasteiger charge is -1.95. The van der Waals surface area contributed by atoms with E-state index in [1.807, 2.05) is 53.2 Å². The summed E-state index contributed by atoms with van der Waals surface area (Å²) in [7, 11) is 1.98. The van der Waals surface area contributed by atoms with Crippen molar-refractivity contribution in [3.63, 3.8) is 0 Å². The Morgan fingerprint density at radius 3 is 3.00 bits per heavy atom. The molecule has 3 nitrogen and oxygen atoms in total. The molecule has 2 heterocycles. The highest BCUT2D eigenvalue weighted by molar-refractivity contribution is 5.59. The molecule has 0 unspecified atom stereocenters. The monoisotopic (exact) mass is 174 g/mol. The van der Waals surface area contributed by atoms with Crippen LogP contribution in [0.2, 0.25) is 0 Å². The van der Waals surface area contributed by atoms with Gasteiger partial charge < -0.3 is 4.98 Å². The molecule has 0 amide bonds. The van der Waals surface area contributed by atoms with E-state index in [-0.39, 0.29) is 0 Å². The standard InChI is InChI=1S/C10H12N3/c1-9(10-4-3-5-11-10)13-7-6-12(2)8-13/h3-8,11H,1H2,2H3/q+1. The van der Waals surface area contributed by atoms with Crippen molar-refractivity contribution < 1.29 is 4.57 Å². The molecule has 0 aliphatic heterocycles. The Kier molecular flexibility index (Phi) is 1.77. The van der Waals surface area contributed by atoms with Gasteiger partial charge in [0.05, 0.1) is 12.7 Å². The zero-order valence-corrected chi connectivity index (χ0v) is 7.57. The molecular formula is C10H12N3+. The van der Waals surface area contributed by atoms with Gasteiger partial charge in [-0.2, -0.15) is 0 Å². The van der Waals surface area contributed by atoms with Gasteiger partial charge in [0.15, 0.2) is 0 Å². The predicted molar refractivity (Wildman–Crippen MR) is 50.8 cm³/mol. The van der Waals surface area contributed by atoms with Crippen molar-refractivity contribution in [3.8, 4) is 0 Å². The number of aromatic nitrogens is 3. The summed E-state index contributed by atoms with van der Waals surface area (Å²) in [4.78, 5) is 3.12. The van der Waals surface area contributed by atoms with Crippen LogP contribution in [-0.4, -0.2) is 9.55 Å². The van der Waals surface area contributed by atoms with Crippen LogP contribution >= 0.6 is 0 Å². The average molecular weight is 174 g/mol. The lowest BCUT2D eigenvalue weighted by molar-refractivity contribution is -0.670. The molecule has 0 atom stereocenters. The zero-order chi connectivity index (χ0) is 9.26. The maximum absolute atomic E-state index is 4.00. The van der Waals surface area contributed by atoms with Gasteiger partial charge in [0.25, 0.3) is 0 Å². The summed E-state index contributed by atoms with van der Waals surface area (Å²) in [5.74, 6) is 0. The van der Waals surface area contributed by atoms with Crippen molar-refractivity contribution in [1.82, 2.24) is 9.55 Å².